The van der Waals surface area contributed by atoms with E-state index < -0.39 is 0 Å². The summed E-state index contributed by atoms with van der Waals surface area (Å²) >= 11 is 0. The lowest BCUT2D eigenvalue weighted by Crippen LogP contribution is -2.18. The van der Waals surface area contributed by atoms with Crippen molar-refractivity contribution in [1.82, 2.24) is 0 Å². The van der Waals surface area contributed by atoms with Crippen molar-refractivity contribution < 1.29 is 14.6 Å². The molecule has 0 heterocycles. The monoisotopic (exact) mass is 356 g/mol. The average molecular weight is 357 g/mol. The Bertz CT molecular complexity index is 700. The standard InChI is InChI=1S/C23H32O3/c1-6-7-8-9-18-13-21(25)23(22(14-18)26-17(5)24)20-12-16(4)10-11-19(20)15(2)3/h12-14,19-20,25H,2,6-11H2,1,3-5H3. The van der Waals surface area contributed by atoms with Gasteiger partial charge in [-0.05, 0) is 63.1 Å². The first kappa shape index (κ1) is 20.3. The molecule has 1 N–H and O–H groups in total. The first-order valence-corrected chi connectivity index (χ1v) is 9.70. The molecule has 0 aromatic heterocycles. The van der Waals surface area contributed by atoms with Crippen LogP contribution in [-0.2, 0) is 11.2 Å². The van der Waals surface area contributed by atoms with Gasteiger partial charge in [-0.1, -0.05) is 43.6 Å². The van der Waals surface area contributed by atoms with E-state index in [0.29, 0.717) is 11.3 Å². The fourth-order valence-electron chi connectivity index (χ4n) is 3.87. The lowest BCUT2D eigenvalue weighted by molar-refractivity contribution is -0.131. The summed E-state index contributed by atoms with van der Waals surface area (Å²) in [6.45, 7) is 11.9. The van der Waals surface area contributed by atoms with E-state index in [-0.39, 0.29) is 23.6 Å². The van der Waals surface area contributed by atoms with Gasteiger partial charge in [0.25, 0.3) is 0 Å². The predicted molar refractivity (Wildman–Crippen MR) is 107 cm³/mol. The van der Waals surface area contributed by atoms with Crippen molar-refractivity contribution >= 4 is 5.97 Å². The molecule has 26 heavy (non-hydrogen) atoms. The molecule has 2 unspecified atom stereocenters. The van der Waals surface area contributed by atoms with E-state index in [9.17, 15) is 9.90 Å². The Labute approximate surface area is 157 Å². The molecule has 0 aliphatic heterocycles. The quantitative estimate of drug-likeness (QED) is 0.279. The van der Waals surface area contributed by atoms with Crippen molar-refractivity contribution in [3.05, 3.63) is 47.1 Å². The second kappa shape index (κ2) is 9.07. The van der Waals surface area contributed by atoms with Crippen LogP contribution in [0.1, 0.15) is 76.8 Å². The maximum atomic E-state index is 11.7. The van der Waals surface area contributed by atoms with E-state index in [1.807, 2.05) is 19.1 Å². The van der Waals surface area contributed by atoms with E-state index in [4.69, 9.17) is 4.74 Å². The predicted octanol–water partition coefficient (Wildman–Crippen LogP) is 6.07. The van der Waals surface area contributed by atoms with Crippen LogP contribution in [-0.4, -0.2) is 11.1 Å². The van der Waals surface area contributed by atoms with Crippen LogP contribution >= 0.6 is 0 Å². The van der Waals surface area contributed by atoms with Crippen LogP contribution in [0.15, 0.2) is 35.9 Å². The fraction of sp³-hybridized carbons (Fsp3) is 0.522. The molecular weight excluding hydrogens is 324 g/mol. The fourth-order valence-corrected chi connectivity index (χ4v) is 3.87. The summed E-state index contributed by atoms with van der Waals surface area (Å²) in [5, 5.41) is 10.8. The molecule has 1 aromatic rings. The maximum Gasteiger partial charge on any atom is 0.308 e. The van der Waals surface area contributed by atoms with Crippen molar-refractivity contribution in [3.63, 3.8) is 0 Å². The average Bonchev–Trinajstić information content (AvgIpc) is 2.54. The molecule has 1 aromatic carbocycles. The first-order chi connectivity index (χ1) is 12.3. The Kier molecular flexibility index (Phi) is 7.07. The molecule has 3 nitrogen and oxygen atoms in total. The summed E-state index contributed by atoms with van der Waals surface area (Å²) in [4.78, 5) is 11.7. The smallest absolute Gasteiger partial charge is 0.308 e. The first-order valence-electron chi connectivity index (χ1n) is 9.70. The second-order valence-electron chi connectivity index (χ2n) is 7.61. The van der Waals surface area contributed by atoms with Gasteiger partial charge in [0.15, 0.2) is 0 Å². The number of aromatic hydroxyl groups is 1. The van der Waals surface area contributed by atoms with Crippen LogP contribution in [0, 0.1) is 5.92 Å². The highest BCUT2D eigenvalue weighted by Gasteiger charge is 2.31. The Morgan fingerprint density at radius 1 is 1.31 bits per heavy atom. The maximum absolute atomic E-state index is 11.7. The Morgan fingerprint density at radius 3 is 2.65 bits per heavy atom. The molecule has 3 heteroatoms. The molecule has 0 bridgehead atoms. The molecule has 1 aliphatic rings. The number of phenols is 1. The molecule has 2 atom stereocenters. The molecule has 0 saturated carbocycles. The molecule has 1 aliphatic carbocycles. The highest BCUT2D eigenvalue weighted by molar-refractivity contribution is 5.71. The van der Waals surface area contributed by atoms with E-state index in [1.165, 1.54) is 12.5 Å². The summed E-state index contributed by atoms with van der Waals surface area (Å²) in [7, 11) is 0. The van der Waals surface area contributed by atoms with Crippen molar-refractivity contribution in [2.75, 3.05) is 0 Å². The van der Waals surface area contributed by atoms with E-state index in [1.54, 1.807) is 0 Å². The van der Waals surface area contributed by atoms with Crippen molar-refractivity contribution in [2.24, 2.45) is 5.92 Å². The number of aryl methyl sites for hydroxylation is 1. The highest BCUT2D eigenvalue weighted by Crippen LogP contribution is 2.47. The minimum absolute atomic E-state index is 0.0136. The van der Waals surface area contributed by atoms with Gasteiger partial charge in [0.1, 0.15) is 11.5 Å². The number of carbonyl (C=O) groups is 1. The highest BCUT2D eigenvalue weighted by atomic mass is 16.5. The zero-order valence-corrected chi connectivity index (χ0v) is 16.6. The van der Waals surface area contributed by atoms with Gasteiger partial charge in [-0.25, -0.2) is 0 Å². The van der Waals surface area contributed by atoms with Gasteiger partial charge >= 0.3 is 5.97 Å². The number of carbonyl (C=O) groups excluding carboxylic acids is 1. The van der Waals surface area contributed by atoms with Crippen LogP contribution < -0.4 is 4.74 Å². The molecule has 0 amide bonds. The number of rotatable bonds is 7. The summed E-state index contributed by atoms with van der Waals surface area (Å²) in [6, 6.07) is 3.77. The van der Waals surface area contributed by atoms with Gasteiger partial charge in [0, 0.05) is 18.4 Å². The summed E-state index contributed by atoms with van der Waals surface area (Å²) in [5.74, 6) is 0.577. The third-order valence-corrected chi connectivity index (χ3v) is 5.22. The Morgan fingerprint density at radius 2 is 2.04 bits per heavy atom. The molecular formula is C23H32O3. The van der Waals surface area contributed by atoms with Crippen molar-refractivity contribution in [3.8, 4) is 11.5 Å². The SMILES string of the molecule is C=C(C)C1CCC(C)=CC1c1c(O)cc(CCCCC)cc1OC(C)=O. The van der Waals surface area contributed by atoms with Gasteiger partial charge in [-0.2, -0.15) is 0 Å². The molecule has 142 valence electrons. The summed E-state index contributed by atoms with van der Waals surface area (Å²) in [6.07, 6.45) is 8.46. The van der Waals surface area contributed by atoms with Gasteiger partial charge < -0.3 is 9.84 Å². The van der Waals surface area contributed by atoms with Crippen LogP contribution in [0.3, 0.4) is 0 Å². The minimum Gasteiger partial charge on any atom is -0.507 e. The normalized spacial score (nSPS) is 19.8. The van der Waals surface area contributed by atoms with Crippen LogP contribution in [0.2, 0.25) is 0 Å². The van der Waals surface area contributed by atoms with Crippen molar-refractivity contribution in [1.29, 1.82) is 0 Å². The summed E-state index contributed by atoms with van der Waals surface area (Å²) in [5.41, 5.74) is 4.12. The van der Waals surface area contributed by atoms with Gasteiger partial charge in [0.2, 0.25) is 0 Å². The summed E-state index contributed by atoms with van der Waals surface area (Å²) < 4.78 is 5.53. The van der Waals surface area contributed by atoms with Crippen LogP contribution in [0.25, 0.3) is 0 Å². The number of ether oxygens (including phenoxy) is 1. The lowest BCUT2D eigenvalue weighted by atomic mass is 9.73. The number of phenolic OH excluding ortho intramolecular Hbond substituents is 1. The Hall–Kier alpha value is -2.03. The minimum atomic E-state index is -0.361. The Balaban J connectivity index is 2.49. The third-order valence-electron chi connectivity index (χ3n) is 5.22. The molecule has 2 rings (SSSR count). The molecule has 0 saturated heterocycles. The molecule has 0 radical (unpaired) electrons. The van der Waals surface area contributed by atoms with E-state index in [0.717, 1.165) is 49.7 Å². The van der Waals surface area contributed by atoms with Gasteiger partial charge in [-0.15, -0.1) is 0 Å². The van der Waals surface area contributed by atoms with Crippen molar-refractivity contribution in [2.45, 2.75) is 72.1 Å². The number of esters is 1. The van der Waals surface area contributed by atoms with Crippen LogP contribution in [0.4, 0.5) is 0 Å². The zero-order chi connectivity index (χ0) is 19.3. The largest absolute Gasteiger partial charge is 0.507 e. The number of hydrogen-bond donors (Lipinski definition) is 1. The van der Waals surface area contributed by atoms with Gasteiger partial charge in [-0.3, -0.25) is 4.79 Å². The molecule has 0 fully saturated rings. The van der Waals surface area contributed by atoms with Crippen LogP contribution in [0.5, 0.6) is 11.5 Å². The number of unbranched alkanes of at least 4 members (excludes halogenated alkanes) is 2. The van der Waals surface area contributed by atoms with E-state index >= 15 is 0 Å². The van der Waals surface area contributed by atoms with E-state index in [2.05, 4.69) is 26.5 Å². The molecule has 0 spiro atoms. The lowest BCUT2D eigenvalue weighted by Gasteiger charge is -2.32. The third kappa shape index (κ3) is 5.00. The number of allylic oxidation sites excluding steroid dienone is 3. The number of hydrogen-bond acceptors (Lipinski definition) is 3. The van der Waals surface area contributed by atoms with Gasteiger partial charge in [0.05, 0.1) is 0 Å². The second-order valence-corrected chi connectivity index (χ2v) is 7.61. The number of benzene rings is 1. The topological polar surface area (TPSA) is 46.5 Å². The zero-order valence-electron chi connectivity index (χ0n) is 16.6.